The molecule has 6 heteroatoms. The summed E-state index contributed by atoms with van der Waals surface area (Å²) in [5.41, 5.74) is 6.17. The van der Waals surface area contributed by atoms with Crippen LogP contribution in [-0.4, -0.2) is 15.1 Å². The van der Waals surface area contributed by atoms with Gasteiger partial charge in [-0.1, -0.05) is 23.7 Å². The first kappa shape index (κ1) is 11.6. The number of nitrogens with zero attached hydrogens (tertiary/aromatic N) is 2. The van der Waals surface area contributed by atoms with Gasteiger partial charge in [0, 0.05) is 0 Å². The van der Waals surface area contributed by atoms with Gasteiger partial charge in [0.1, 0.15) is 10.8 Å². The van der Waals surface area contributed by atoms with Gasteiger partial charge in [-0.15, -0.1) is 0 Å². The van der Waals surface area contributed by atoms with Crippen molar-refractivity contribution in [3.05, 3.63) is 41.0 Å². The van der Waals surface area contributed by atoms with Crippen molar-refractivity contribution < 1.29 is 9.84 Å². The van der Waals surface area contributed by atoms with Crippen LogP contribution in [0.3, 0.4) is 0 Å². The van der Waals surface area contributed by atoms with Crippen LogP contribution in [0.5, 0.6) is 11.6 Å². The molecule has 0 saturated carbocycles. The van der Waals surface area contributed by atoms with E-state index in [0.717, 1.165) is 5.56 Å². The first-order valence-corrected chi connectivity index (χ1v) is 5.22. The average Bonchev–Trinajstić information content (AvgIpc) is 2.34. The molecule has 0 bridgehead atoms. The summed E-state index contributed by atoms with van der Waals surface area (Å²) >= 11 is 5.86. The van der Waals surface area contributed by atoms with Crippen LogP contribution in [0.2, 0.25) is 5.02 Å². The molecule has 0 unspecified atom stereocenters. The van der Waals surface area contributed by atoms with Crippen molar-refractivity contribution >= 4 is 17.5 Å². The largest absolute Gasteiger partial charge is 0.437 e. The van der Waals surface area contributed by atoms with Crippen LogP contribution in [-0.2, 0) is 6.61 Å². The quantitative estimate of drug-likeness (QED) is 0.872. The standard InChI is InChI=1S/C11H10ClN3O2/c12-9-5-14-11(13)15-10(9)17-8-3-1-2-7(4-8)6-16/h1-5,16H,6H2,(H2,13,14,15). The summed E-state index contributed by atoms with van der Waals surface area (Å²) in [5, 5.41) is 9.27. The molecule has 1 aromatic heterocycles. The van der Waals surface area contributed by atoms with Gasteiger partial charge in [0.2, 0.25) is 11.8 Å². The molecule has 88 valence electrons. The topological polar surface area (TPSA) is 81.3 Å². The molecule has 3 N–H and O–H groups in total. The predicted octanol–water partition coefficient (Wildman–Crippen LogP) is 2.00. The van der Waals surface area contributed by atoms with Gasteiger partial charge in [-0.3, -0.25) is 0 Å². The minimum Gasteiger partial charge on any atom is -0.437 e. The highest BCUT2D eigenvalue weighted by Gasteiger charge is 2.06. The number of aromatic nitrogens is 2. The van der Waals surface area contributed by atoms with Gasteiger partial charge < -0.3 is 15.6 Å². The van der Waals surface area contributed by atoms with Gasteiger partial charge in [-0.25, -0.2) is 4.98 Å². The van der Waals surface area contributed by atoms with E-state index >= 15 is 0 Å². The molecule has 0 radical (unpaired) electrons. The van der Waals surface area contributed by atoms with Gasteiger partial charge in [-0.2, -0.15) is 4.98 Å². The molecule has 17 heavy (non-hydrogen) atoms. The van der Waals surface area contributed by atoms with Gasteiger partial charge in [-0.05, 0) is 17.7 Å². The fourth-order valence-corrected chi connectivity index (χ4v) is 1.38. The van der Waals surface area contributed by atoms with E-state index in [1.807, 2.05) is 0 Å². The van der Waals surface area contributed by atoms with Crippen LogP contribution < -0.4 is 10.5 Å². The molecule has 2 aromatic rings. The normalized spacial score (nSPS) is 10.2. The van der Waals surface area contributed by atoms with Crippen molar-refractivity contribution in [3.8, 4) is 11.6 Å². The molecular weight excluding hydrogens is 242 g/mol. The van der Waals surface area contributed by atoms with Gasteiger partial charge in [0.25, 0.3) is 0 Å². The number of ether oxygens (including phenoxy) is 1. The van der Waals surface area contributed by atoms with Crippen LogP contribution in [0.1, 0.15) is 5.56 Å². The Morgan fingerprint density at radius 3 is 3.00 bits per heavy atom. The van der Waals surface area contributed by atoms with Crippen LogP contribution >= 0.6 is 11.6 Å². The van der Waals surface area contributed by atoms with E-state index in [9.17, 15) is 0 Å². The third kappa shape index (κ3) is 2.83. The van der Waals surface area contributed by atoms with E-state index < -0.39 is 0 Å². The predicted molar refractivity (Wildman–Crippen MR) is 63.9 cm³/mol. The number of anilines is 1. The number of nitrogen functional groups attached to an aromatic ring is 1. The first-order valence-electron chi connectivity index (χ1n) is 4.84. The van der Waals surface area contributed by atoms with Crippen LogP contribution in [0, 0.1) is 0 Å². The van der Waals surface area contributed by atoms with Crippen LogP contribution in [0.15, 0.2) is 30.5 Å². The molecule has 0 atom stereocenters. The maximum Gasteiger partial charge on any atom is 0.243 e. The van der Waals surface area contributed by atoms with Gasteiger partial charge >= 0.3 is 0 Å². The Morgan fingerprint density at radius 2 is 2.24 bits per heavy atom. The van der Waals surface area contributed by atoms with E-state index in [1.165, 1.54) is 6.20 Å². The number of hydrogen-bond acceptors (Lipinski definition) is 5. The van der Waals surface area contributed by atoms with E-state index in [1.54, 1.807) is 24.3 Å². The second-order valence-electron chi connectivity index (χ2n) is 3.29. The molecule has 0 fully saturated rings. The summed E-state index contributed by atoms with van der Waals surface area (Å²) in [6, 6.07) is 6.96. The number of benzene rings is 1. The van der Waals surface area contributed by atoms with Gasteiger partial charge in [0.05, 0.1) is 12.8 Å². The molecular formula is C11H10ClN3O2. The Morgan fingerprint density at radius 1 is 1.41 bits per heavy atom. The number of aliphatic hydroxyl groups excluding tert-OH is 1. The summed E-state index contributed by atoms with van der Waals surface area (Å²) in [7, 11) is 0. The minimum atomic E-state index is -0.0587. The lowest BCUT2D eigenvalue weighted by Gasteiger charge is -2.07. The van der Waals surface area contributed by atoms with Crippen molar-refractivity contribution in [1.29, 1.82) is 0 Å². The molecule has 2 rings (SSSR count). The number of aliphatic hydroxyl groups is 1. The smallest absolute Gasteiger partial charge is 0.243 e. The summed E-state index contributed by atoms with van der Waals surface area (Å²) in [6.07, 6.45) is 1.37. The van der Waals surface area contributed by atoms with E-state index in [4.69, 9.17) is 27.2 Å². The van der Waals surface area contributed by atoms with Crippen LogP contribution in [0.4, 0.5) is 5.95 Å². The lowest BCUT2D eigenvalue weighted by Crippen LogP contribution is -1.97. The lowest BCUT2D eigenvalue weighted by molar-refractivity contribution is 0.281. The molecule has 1 aromatic carbocycles. The monoisotopic (exact) mass is 251 g/mol. The second kappa shape index (κ2) is 4.99. The maximum atomic E-state index is 9.00. The highest BCUT2D eigenvalue weighted by molar-refractivity contribution is 6.31. The third-order valence-electron chi connectivity index (χ3n) is 2.03. The Bertz CT molecular complexity index is 534. The molecule has 0 saturated heterocycles. The van der Waals surface area contributed by atoms with Gasteiger partial charge in [0.15, 0.2) is 0 Å². The highest BCUT2D eigenvalue weighted by Crippen LogP contribution is 2.27. The Balaban J connectivity index is 2.27. The highest BCUT2D eigenvalue weighted by atomic mass is 35.5. The number of hydrogen-bond donors (Lipinski definition) is 2. The minimum absolute atomic E-state index is 0.0587. The Hall–Kier alpha value is -1.85. The van der Waals surface area contributed by atoms with E-state index in [2.05, 4.69) is 9.97 Å². The van der Waals surface area contributed by atoms with Crippen LogP contribution in [0.25, 0.3) is 0 Å². The van der Waals surface area contributed by atoms with Crippen molar-refractivity contribution in [1.82, 2.24) is 9.97 Å². The molecule has 0 aliphatic rings. The van der Waals surface area contributed by atoms with Crippen molar-refractivity contribution in [2.75, 3.05) is 5.73 Å². The molecule has 0 aliphatic carbocycles. The molecule has 5 nitrogen and oxygen atoms in total. The Kier molecular flexibility index (Phi) is 3.41. The lowest BCUT2D eigenvalue weighted by atomic mass is 10.2. The molecule has 1 heterocycles. The second-order valence-corrected chi connectivity index (χ2v) is 3.70. The fraction of sp³-hybridized carbons (Fsp3) is 0.0909. The van der Waals surface area contributed by atoms with E-state index in [0.29, 0.717) is 5.75 Å². The summed E-state index contributed by atoms with van der Waals surface area (Å²) in [6.45, 7) is -0.0587. The number of nitrogens with two attached hydrogens (primary N) is 1. The summed E-state index contributed by atoms with van der Waals surface area (Å²) in [5.74, 6) is 0.800. The zero-order valence-electron chi connectivity index (χ0n) is 8.80. The van der Waals surface area contributed by atoms with Crippen molar-refractivity contribution in [2.24, 2.45) is 0 Å². The third-order valence-corrected chi connectivity index (χ3v) is 2.29. The zero-order chi connectivity index (χ0) is 12.3. The fourth-order valence-electron chi connectivity index (χ4n) is 1.25. The number of halogens is 1. The average molecular weight is 252 g/mol. The summed E-state index contributed by atoms with van der Waals surface area (Å²) < 4.78 is 5.46. The molecule has 0 aliphatic heterocycles. The first-order chi connectivity index (χ1) is 8.19. The number of rotatable bonds is 3. The molecule has 0 spiro atoms. The maximum absolute atomic E-state index is 9.00. The van der Waals surface area contributed by atoms with E-state index in [-0.39, 0.29) is 23.5 Å². The SMILES string of the molecule is Nc1ncc(Cl)c(Oc2cccc(CO)c2)n1. The summed E-state index contributed by atoms with van der Waals surface area (Å²) in [4.78, 5) is 7.60. The Labute approximate surface area is 103 Å². The van der Waals surface area contributed by atoms with Crippen molar-refractivity contribution in [3.63, 3.8) is 0 Å². The zero-order valence-corrected chi connectivity index (χ0v) is 9.55. The molecule has 0 amide bonds. The van der Waals surface area contributed by atoms with Crippen molar-refractivity contribution in [2.45, 2.75) is 6.61 Å².